The van der Waals surface area contributed by atoms with Crippen molar-refractivity contribution in [2.45, 2.75) is 116 Å². The number of unbranched alkanes of at least 4 members (excludes halogenated alkanes) is 1. The van der Waals surface area contributed by atoms with Gasteiger partial charge in [0.05, 0.1) is 12.1 Å². The normalized spacial score (nSPS) is 24.5. The van der Waals surface area contributed by atoms with Gasteiger partial charge in [0.15, 0.2) is 0 Å². The Labute approximate surface area is 307 Å². The number of benzene rings is 1. The van der Waals surface area contributed by atoms with Crippen LogP contribution < -0.4 is 26.6 Å². The van der Waals surface area contributed by atoms with Gasteiger partial charge in [-0.2, -0.15) is 8.78 Å². The Morgan fingerprint density at radius 1 is 0.887 bits per heavy atom. The number of halogens is 2. The van der Waals surface area contributed by atoms with Crippen LogP contribution in [0.2, 0.25) is 0 Å². The summed E-state index contributed by atoms with van der Waals surface area (Å²) in [7, 11) is -5.56. The molecule has 19 heteroatoms. The van der Waals surface area contributed by atoms with Gasteiger partial charge in [0.25, 0.3) is 0 Å². The molecule has 5 atom stereocenters. The van der Waals surface area contributed by atoms with E-state index in [-0.39, 0.29) is 37.3 Å². The zero-order valence-corrected chi connectivity index (χ0v) is 31.4. The highest BCUT2D eigenvalue weighted by atomic mass is 31.2. The fourth-order valence-electron chi connectivity index (χ4n) is 6.19. The number of rotatable bonds is 11. The van der Waals surface area contributed by atoms with Crippen LogP contribution >= 0.6 is 7.82 Å². The van der Waals surface area contributed by atoms with Crippen LogP contribution in [-0.4, -0.2) is 93.4 Å². The maximum Gasteiger partial charge on any atom is 0.474 e. The van der Waals surface area contributed by atoms with Crippen molar-refractivity contribution in [2.24, 2.45) is 11.8 Å². The van der Waals surface area contributed by atoms with Crippen molar-refractivity contribution < 1.29 is 56.4 Å². The van der Waals surface area contributed by atoms with Crippen molar-refractivity contribution in [1.82, 2.24) is 31.5 Å². The number of alkyl halides is 2. The second-order valence-electron chi connectivity index (χ2n) is 14.2. The number of fused-ring (bicyclic) bond motifs is 1. The molecule has 16 nitrogen and oxygen atoms in total. The molecule has 0 aliphatic carbocycles. The van der Waals surface area contributed by atoms with Crippen LogP contribution in [0.3, 0.4) is 0 Å². The third-order valence-corrected chi connectivity index (χ3v) is 9.39. The van der Waals surface area contributed by atoms with Crippen molar-refractivity contribution in [3.63, 3.8) is 0 Å². The fraction of sp³-hybridized carbons (Fsp3) is 0.647. The molecule has 2 aliphatic rings. The molecule has 0 aromatic heterocycles. The Morgan fingerprint density at radius 3 is 2.09 bits per heavy atom. The molecule has 1 aromatic rings. The first-order valence-corrected chi connectivity index (χ1v) is 19.3. The fourth-order valence-corrected chi connectivity index (χ4v) is 6.59. The van der Waals surface area contributed by atoms with E-state index < -0.39 is 97.6 Å². The van der Waals surface area contributed by atoms with Gasteiger partial charge in [-0.25, -0.2) is 9.09 Å². The number of carbonyl (C=O) groups excluding carboxylic acids is 6. The smallest absolute Gasteiger partial charge is 0.345 e. The molecule has 1 aromatic carbocycles. The van der Waals surface area contributed by atoms with Crippen LogP contribution in [0.1, 0.15) is 84.3 Å². The van der Waals surface area contributed by atoms with E-state index >= 15 is 0 Å². The Morgan fingerprint density at radius 2 is 1.51 bits per heavy atom. The average molecular weight is 773 g/mol. The van der Waals surface area contributed by atoms with Gasteiger partial charge in [0.1, 0.15) is 30.2 Å². The number of hydrogen-bond acceptors (Lipinski definition) is 8. The SMILES string of the molecule is CCCC[C@@H]1NC(=O)[C@@H]2CCCN2C(=O)[C@H](C(C)C)NC(=O)[C@@H](Cc2ccc(C(F)(F)OP(=O)(O)O)cc2)NC(=O)CNC(=O)[C@H](CC(C)C)NC1=O. The van der Waals surface area contributed by atoms with E-state index in [4.69, 9.17) is 9.79 Å². The minimum atomic E-state index is -5.56. The van der Waals surface area contributed by atoms with Crippen molar-refractivity contribution in [3.8, 4) is 0 Å². The second-order valence-corrected chi connectivity index (χ2v) is 15.3. The molecule has 0 bridgehead atoms. The topological polar surface area (TPSA) is 233 Å². The Hall–Kier alpha value is -3.99. The minimum absolute atomic E-state index is 0.0591. The summed E-state index contributed by atoms with van der Waals surface area (Å²) in [4.78, 5) is 101. The van der Waals surface area contributed by atoms with Crippen LogP contribution in [-0.2, 0) is 50.4 Å². The molecule has 2 saturated heterocycles. The van der Waals surface area contributed by atoms with E-state index in [1.54, 1.807) is 13.8 Å². The highest BCUT2D eigenvalue weighted by Gasteiger charge is 2.42. The molecule has 0 saturated carbocycles. The molecule has 2 fully saturated rings. The standard InChI is InChI=1S/C34H51F2N6O10P/c1-6-7-9-23-30(45)40-24(16-19(2)3)29(44)37-18-27(43)38-25(17-21-11-13-22(14-12-21)34(35,36)52-53(49,50)51)31(46)41-28(20(4)5)33(48)42-15-8-10-26(42)32(47)39-23/h11-14,19-20,23-26,28H,6-10,15-18H2,1-5H3,(H,37,44)(H,38,43)(H,39,47)(H,40,45)(H,41,46)(H2,49,50,51)/t23-,24-,25+,26-,28-/m0/s1. The summed E-state index contributed by atoms with van der Waals surface area (Å²) in [5.41, 5.74) is -0.659. The van der Waals surface area contributed by atoms with Crippen molar-refractivity contribution in [3.05, 3.63) is 35.4 Å². The third-order valence-electron chi connectivity index (χ3n) is 8.93. The summed E-state index contributed by atoms with van der Waals surface area (Å²) < 4.78 is 43.2. The van der Waals surface area contributed by atoms with E-state index in [0.717, 1.165) is 30.7 Å². The van der Waals surface area contributed by atoms with E-state index in [1.807, 2.05) is 20.8 Å². The van der Waals surface area contributed by atoms with Crippen LogP contribution in [0.5, 0.6) is 0 Å². The van der Waals surface area contributed by atoms with Gasteiger partial charge in [-0.05, 0) is 43.1 Å². The van der Waals surface area contributed by atoms with Gasteiger partial charge >= 0.3 is 13.9 Å². The van der Waals surface area contributed by atoms with Gasteiger partial charge in [-0.1, -0.05) is 71.7 Å². The number of nitrogens with zero attached hydrogens (tertiary/aromatic N) is 1. The number of hydrogen-bond donors (Lipinski definition) is 7. The summed E-state index contributed by atoms with van der Waals surface area (Å²) in [5.74, 6) is -4.53. The van der Waals surface area contributed by atoms with Gasteiger partial charge < -0.3 is 41.3 Å². The maximum absolute atomic E-state index is 14.3. The first kappa shape index (κ1) is 43.4. The van der Waals surface area contributed by atoms with Gasteiger partial charge in [0.2, 0.25) is 35.4 Å². The lowest BCUT2D eigenvalue weighted by Gasteiger charge is -2.32. The molecule has 3 rings (SSSR count). The summed E-state index contributed by atoms with van der Waals surface area (Å²) in [5, 5.41) is 13.2. The summed E-state index contributed by atoms with van der Waals surface area (Å²) in [6.45, 7) is 8.56. The number of phosphoric ester groups is 1. The van der Waals surface area contributed by atoms with Gasteiger partial charge in [0, 0.05) is 13.0 Å². The summed E-state index contributed by atoms with van der Waals surface area (Å²) in [6, 6.07) is -1.62. The maximum atomic E-state index is 14.3. The quantitative estimate of drug-likeness (QED) is 0.160. The zero-order valence-electron chi connectivity index (χ0n) is 30.5. The molecule has 0 spiro atoms. The van der Waals surface area contributed by atoms with Crippen molar-refractivity contribution in [2.75, 3.05) is 13.1 Å². The van der Waals surface area contributed by atoms with Gasteiger partial charge in [-0.15, -0.1) is 0 Å². The number of nitrogens with one attached hydrogen (secondary N) is 5. The largest absolute Gasteiger partial charge is 0.474 e. The highest BCUT2D eigenvalue weighted by molar-refractivity contribution is 7.46. The third kappa shape index (κ3) is 12.8. The Bertz CT molecular complexity index is 1540. The molecular formula is C34H51F2N6O10P. The van der Waals surface area contributed by atoms with E-state index in [2.05, 4.69) is 31.1 Å². The molecular weight excluding hydrogens is 721 g/mol. The zero-order chi connectivity index (χ0) is 39.7. The molecule has 0 radical (unpaired) electrons. The van der Waals surface area contributed by atoms with Gasteiger partial charge in [-0.3, -0.25) is 28.8 Å². The molecule has 0 unspecified atom stereocenters. The lowest BCUT2D eigenvalue weighted by Crippen LogP contribution is -2.61. The van der Waals surface area contributed by atoms with Crippen molar-refractivity contribution in [1.29, 1.82) is 0 Å². The molecule has 296 valence electrons. The van der Waals surface area contributed by atoms with Crippen LogP contribution in [0.4, 0.5) is 8.78 Å². The van der Waals surface area contributed by atoms with E-state index in [1.165, 1.54) is 4.90 Å². The van der Waals surface area contributed by atoms with Crippen LogP contribution in [0.15, 0.2) is 24.3 Å². The summed E-state index contributed by atoms with van der Waals surface area (Å²) >= 11 is 0. The molecule has 6 amide bonds. The summed E-state index contributed by atoms with van der Waals surface area (Å²) in [6.07, 6.45) is -2.04. The molecule has 2 aliphatic heterocycles. The lowest BCUT2D eigenvalue weighted by atomic mass is 9.99. The lowest BCUT2D eigenvalue weighted by molar-refractivity contribution is -0.195. The molecule has 53 heavy (non-hydrogen) atoms. The van der Waals surface area contributed by atoms with E-state index in [0.29, 0.717) is 19.3 Å². The van der Waals surface area contributed by atoms with E-state index in [9.17, 15) is 42.1 Å². The average Bonchev–Trinajstić information content (AvgIpc) is 3.55. The number of phosphoric acid groups is 1. The monoisotopic (exact) mass is 772 g/mol. The Kier molecular flexibility index (Phi) is 15.4. The minimum Gasteiger partial charge on any atom is -0.345 e. The first-order valence-electron chi connectivity index (χ1n) is 17.7. The van der Waals surface area contributed by atoms with Crippen molar-refractivity contribution >= 4 is 43.3 Å². The van der Waals surface area contributed by atoms with Crippen LogP contribution in [0, 0.1) is 11.8 Å². The second kappa shape index (κ2) is 18.9. The molecule has 2 heterocycles. The predicted molar refractivity (Wildman–Crippen MR) is 186 cm³/mol. The number of amides is 6. The Balaban J connectivity index is 1.99. The first-order chi connectivity index (χ1) is 24.7. The molecule has 7 N–H and O–H groups in total. The number of carbonyl (C=O) groups is 6. The predicted octanol–water partition coefficient (Wildman–Crippen LogP) is 1.34. The van der Waals surface area contributed by atoms with Crippen LogP contribution in [0.25, 0.3) is 0 Å². The highest BCUT2D eigenvalue weighted by Crippen LogP contribution is 2.47.